The molecule has 0 amide bonds. The molecule has 0 unspecified atom stereocenters. The van der Waals surface area contributed by atoms with E-state index in [2.05, 4.69) is 9.97 Å². The number of nitrogens with one attached hydrogen (secondary N) is 1. The molecule has 0 spiro atoms. The average Bonchev–Trinajstić information content (AvgIpc) is 3.26. The summed E-state index contributed by atoms with van der Waals surface area (Å²) in [6.07, 6.45) is 1.99. The number of nitro groups is 1. The van der Waals surface area contributed by atoms with Gasteiger partial charge in [0.2, 0.25) is 0 Å². The summed E-state index contributed by atoms with van der Waals surface area (Å²) in [6.45, 7) is 1.30. The molecule has 0 radical (unpaired) electrons. The molecular weight excluding hydrogens is 376 g/mol. The molecule has 1 aromatic heterocycles. The van der Waals surface area contributed by atoms with E-state index in [-0.39, 0.29) is 29.2 Å². The van der Waals surface area contributed by atoms with Crippen molar-refractivity contribution in [3.05, 3.63) is 74.3 Å². The zero-order chi connectivity index (χ0) is 20.4. The van der Waals surface area contributed by atoms with Gasteiger partial charge in [-0.15, -0.1) is 0 Å². The van der Waals surface area contributed by atoms with Crippen LogP contribution in [0.4, 0.5) is 11.4 Å². The number of carbonyl (C=O) groups excluding carboxylic acids is 1. The Morgan fingerprint density at radius 3 is 2.72 bits per heavy atom. The number of esters is 1. The minimum Gasteiger partial charge on any atom is -0.454 e. The number of aromatic amines is 1. The van der Waals surface area contributed by atoms with Gasteiger partial charge in [0.05, 0.1) is 27.1 Å². The first kappa shape index (κ1) is 18.6. The van der Waals surface area contributed by atoms with Crippen LogP contribution in [0.2, 0.25) is 0 Å². The molecule has 0 saturated carbocycles. The molecule has 1 fully saturated rings. The number of H-pyrrole nitrogens is 1. The molecular formula is C20H18N4O5. The molecule has 0 bridgehead atoms. The number of aromatic nitrogens is 2. The van der Waals surface area contributed by atoms with Gasteiger partial charge < -0.3 is 14.6 Å². The number of non-ortho nitro benzene ring substituents is 1. The van der Waals surface area contributed by atoms with Crippen LogP contribution < -0.4 is 10.5 Å². The van der Waals surface area contributed by atoms with E-state index in [0.717, 1.165) is 25.9 Å². The van der Waals surface area contributed by atoms with Crippen LogP contribution in [0.25, 0.3) is 10.9 Å². The van der Waals surface area contributed by atoms with E-state index in [4.69, 9.17) is 4.74 Å². The number of benzene rings is 2. The van der Waals surface area contributed by atoms with Crippen molar-refractivity contribution in [2.75, 3.05) is 18.0 Å². The monoisotopic (exact) mass is 394 g/mol. The third-order valence-corrected chi connectivity index (χ3v) is 4.86. The van der Waals surface area contributed by atoms with Crippen LogP contribution in [0, 0.1) is 10.1 Å². The molecule has 3 aromatic rings. The Labute approximate surface area is 165 Å². The van der Waals surface area contributed by atoms with Gasteiger partial charge in [-0.05, 0) is 31.0 Å². The lowest BCUT2D eigenvalue weighted by Gasteiger charge is -2.20. The Kier molecular flexibility index (Phi) is 4.94. The van der Waals surface area contributed by atoms with Gasteiger partial charge in [0.1, 0.15) is 12.4 Å². The lowest BCUT2D eigenvalue weighted by molar-refractivity contribution is -0.384. The van der Waals surface area contributed by atoms with E-state index < -0.39 is 10.9 Å². The van der Waals surface area contributed by atoms with Gasteiger partial charge >= 0.3 is 5.97 Å². The molecule has 148 valence electrons. The maximum atomic E-state index is 12.7. The van der Waals surface area contributed by atoms with Crippen molar-refractivity contribution in [3.8, 4) is 0 Å². The smallest absolute Gasteiger partial charge is 0.340 e. The van der Waals surface area contributed by atoms with Crippen molar-refractivity contribution in [3.63, 3.8) is 0 Å². The van der Waals surface area contributed by atoms with Crippen molar-refractivity contribution in [2.45, 2.75) is 19.4 Å². The standard InChI is InChI=1S/C20H18N4O5/c25-19-14-5-1-2-6-16(14)21-18(22-19)12-29-20(26)15-11-13(24(27)28)7-8-17(15)23-9-3-4-10-23/h1-2,5-8,11H,3-4,9-10,12H2,(H,21,22,25). The first-order chi connectivity index (χ1) is 14.0. The second-order valence-corrected chi connectivity index (χ2v) is 6.76. The minimum absolute atomic E-state index is 0.129. The zero-order valence-electron chi connectivity index (χ0n) is 15.5. The van der Waals surface area contributed by atoms with Crippen LogP contribution in [-0.2, 0) is 11.3 Å². The van der Waals surface area contributed by atoms with Gasteiger partial charge in [0.25, 0.3) is 11.2 Å². The van der Waals surface area contributed by atoms with Crippen LogP contribution >= 0.6 is 0 Å². The molecule has 4 rings (SSSR count). The summed E-state index contributed by atoms with van der Waals surface area (Å²) in [5.41, 5.74) is 0.726. The quantitative estimate of drug-likeness (QED) is 0.401. The highest BCUT2D eigenvalue weighted by Crippen LogP contribution is 2.29. The summed E-state index contributed by atoms with van der Waals surface area (Å²) in [7, 11) is 0. The second-order valence-electron chi connectivity index (χ2n) is 6.76. The fraction of sp³-hybridized carbons (Fsp3) is 0.250. The number of hydrogen-bond acceptors (Lipinski definition) is 7. The second kappa shape index (κ2) is 7.70. The third-order valence-electron chi connectivity index (χ3n) is 4.86. The highest BCUT2D eigenvalue weighted by molar-refractivity contribution is 5.96. The van der Waals surface area contributed by atoms with Gasteiger partial charge in [0, 0.05) is 25.2 Å². The number of para-hydroxylation sites is 1. The van der Waals surface area contributed by atoms with Crippen LogP contribution in [0.15, 0.2) is 47.3 Å². The van der Waals surface area contributed by atoms with Gasteiger partial charge in [-0.3, -0.25) is 14.9 Å². The Morgan fingerprint density at radius 1 is 1.21 bits per heavy atom. The summed E-state index contributed by atoms with van der Waals surface area (Å²) in [6, 6.07) is 11.0. The van der Waals surface area contributed by atoms with E-state index in [1.807, 2.05) is 4.90 Å². The molecule has 0 atom stereocenters. The highest BCUT2D eigenvalue weighted by Gasteiger charge is 2.23. The third kappa shape index (κ3) is 3.79. The van der Waals surface area contributed by atoms with Crippen molar-refractivity contribution in [1.29, 1.82) is 0 Å². The number of hydrogen-bond donors (Lipinski definition) is 1. The van der Waals surface area contributed by atoms with Gasteiger partial charge in [-0.2, -0.15) is 0 Å². The fourth-order valence-electron chi connectivity index (χ4n) is 3.45. The largest absolute Gasteiger partial charge is 0.454 e. The van der Waals surface area contributed by atoms with Crippen molar-refractivity contribution in [1.82, 2.24) is 9.97 Å². The normalized spacial score (nSPS) is 13.6. The molecule has 1 aliphatic heterocycles. The van der Waals surface area contributed by atoms with Crippen molar-refractivity contribution in [2.24, 2.45) is 0 Å². The highest BCUT2D eigenvalue weighted by atomic mass is 16.6. The average molecular weight is 394 g/mol. The van der Waals surface area contributed by atoms with Crippen molar-refractivity contribution >= 4 is 28.2 Å². The number of nitrogens with zero attached hydrogens (tertiary/aromatic N) is 3. The Hall–Kier alpha value is -3.75. The Morgan fingerprint density at radius 2 is 1.97 bits per heavy atom. The topological polar surface area (TPSA) is 118 Å². The van der Waals surface area contributed by atoms with E-state index in [9.17, 15) is 19.7 Å². The number of rotatable bonds is 5. The van der Waals surface area contributed by atoms with Crippen LogP contribution in [0.5, 0.6) is 0 Å². The molecule has 1 N–H and O–H groups in total. The van der Waals surface area contributed by atoms with Crippen molar-refractivity contribution < 1.29 is 14.5 Å². The number of fused-ring (bicyclic) bond motifs is 1. The van der Waals surface area contributed by atoms with Gasteiger partial charge in [-0.1, -0.05) is 12.1 Å². The van der Waals surface area contributed by atoms with Crippen LogP contribution in [-0.4, -0.2) is 34.0 Å². The molecule has 9 heteroatoms. The zero-order valence-corrected chi connectivity index (χ0v) is 15.5. The number of anilines is 1. The maximum absolute atomic E-state index is 12.7. The van der Waals surface area contributed by atoms with Crippen LogP contribution in [0.1, 0.15) is 29.0 Å². The number of nitro benzene ring substituents is 1. The molecule has 29 heavy (non-hydrogen) atoms. The minimum atomic E-state index is -0.702. The molecule has 1 aliphatic rings. The maximum Gasteiger partial charge on any atom is 0.340 e. The number of carbonyl (C=O) groups is 1. The van der Waals surface area contributed by atoms with E-state index in [1.54, 1.807) is 30.3 Å². The first-order valence-electron chi connectivity index (χ1n) is 9.21. The lowest BCUT2D eigenvalue weighted by Crippen LogP contribution is -2.22. The van der Waals surface area contributed by atoms with Gasteiger partial charge in [-0.25, -0.2) is 9.78 Å². The summed E-state index contributed by atoms with van der Waals surface area (Å²) in [5, 5.41) is 11.6. The Balaban J connectivity index is 1.60. The summed E-state index contributed by atoms with van der Waals surface area (Å²) in [4.78, 5) is 44.4. The van der Waals surface area contributed by atoms with Gasteiger partial charge in [0.15, 0.2) is 0 Å². The molecule has 0 aliphatic carbocycles. The van der Waals surface area contributed by atoms with E-state index >= 15 is 0 Å². The number of ether oxygens (including phenoxy) is 1. The predicted molar refractivity (Wildman–Crippen MR) is 106 cm³/mol. The molecule has 1 saturated heterocycles. The molecule has 9 nitrogen and oxygen atoms in total. The molecule has 2 aromatic carbocycles. The Bertz CT molecular complexity index is 1150. The fourth-order valence-corrected chi connectivity index (χ4v) is 3.45. The lowest BCUT2D eigenvalue weighted by atomic mass is 10.1. The SMILES string of the molecule is O=C(OCc1nc2ccccc2c(=O)[nH]1)c1cc([N+](=O)[O-])ccc1N1CCCC1. The first-order valence-corrected chi connectivity index (χ1v) is 9.21. The van der Waals surface area contributed by atoms with Crippen LogP contribution in [0.3, 0.4) is 0 Å². The van der Waals surface area contributed by atoms with E-state index in [1.165, 1.54) is 12.1 Å². The predicted octanol–water partition coefficient (Wildman–Crippen LogP) is 2.79. The molecule has 2 heterocycles. The summed E-state index contributed by atoms with van der Waals surface area (Å²) in [5.74, 6) is -0.499. The van der Waals surface area contributed by atoms with E-state index in [0.29, 0.717) is 16.6 Å². The summed E-state index contributed by atoms with van der Waals surface area (Å²) < 4.78 is 5.33. The summed E-state index contributed by atoms with van der Waals surface area (Å²) >= 11 is 0.